The van der Waals surface area contributed by atoms with Crippen LogP contribution in [0, 0.1) is 0 Å². The van der Waals surface area contributed by atoms with E-state index in [2.05, 4.69) is 25.7 Å². The third kappa shape index (κ3) is 3.55. The van der Waals surface area contributed by atoms with Gasteiger partial charge in [-0.2, -0.15) is 0 Å². The van der Waals surface area contributed by atoms with Gasteiger partial charge in [0.1, 0.15) is 0 Å². The molecule has 1 aliphatic rings. The van der Waals surface area contributed by atoms with Crippen molar-refractivity contribution in [3.63, 3.8) is 0 Å². The fourth-order valence-corrected chi connectivity index (χ4v) is 1.50. The summed E-state index contributed by atoms with van der Waals surface area (Å²) in [6.45, 7) is 10.2. The van der Waals surface area contributed by atoms with Crippen LogP contribution in [0.15, 0.2) is 0 Å². The van der Waals surface area contributed by atoms with Gasteiger partial charge in [-0.1, -0.05) is 0 Å². The summed E-state index contributed by atoms with van der Waals surface area (Å²) >= 11 is 0. The molecule has 12 heavy (non-hydrogen) atoms. The Morgan fingerprint density at radius 1 is 1.25 bits per heavy atom. The molecule has 72 valence electrons. The molecule has 0 N–H and O–H groups in total. The molecule has 1 aliphatic heterocycles. The molecule has 1 rings (SSSR count). The topological polar surface area (TPSA) is 12.5 Å². The van der Waals surface area contributed by atoms with E-state index in [1.165, 1.54) is 32.5 Å². The van der Waals surface area contributed by atoms with Crippen LogP contribution in [0.25, 0.3) is 0 Å². The smallest absolute Gasteiger partial charge is 0.0562 e. The molecule has 0 radical (unpaired) electrons. The van der Waals surface area contributed by atoms with E-state index in [0.29, 0.717) is 12.2 Å². The van der Waals surface area contributed by atoms with Gasteiger partial charge in [-0.3, -0.25) is 0 Å². The fraction of sp³-hybridized carbons (Fsp3) is 1.00. The van der Waals surface area contributed by atoms with Gasteiger partial charge in [0.2, 0.25) is 0 Å². The lowest BCUT2D eigenvalue weighted by Gasteiger charge is -2.31. The lowest BCUT2D eigenvalue weighted by Crippen LogP contribution is -2.39. The first-order valence-electron chi connectivity index (χ1n) is 5.06. The van der Waals surface area contributed by atoms with Gasteiger partial charge < -0.3 is 9.64 Å². The number of nitrogens with zero attached hydrogens (tertiary/aromatic N) is 1. The van der Waals surface area contributed by atoms with E-state index < -0.39 is 0 Å². The van der Waals surface area contributed by atoms with E-state index in [0.717, 1.165) is 0 Å². The average Bonchev–Trinajstić information content (AvgIpc) is 1.81. The van der Waals surface area contributed by atoms with Gasteiger partial charge in [0.25, 0.3) is 0 Å². The summed E-state index contributed by atoms with van der Waals surface area (Å²) in [7, 11) is 0. The number of likely N-dealkylation sites (tertiary alicyclic amines) is 1. The Balaban J connectivity index is 1.97. The van der Waals surface area contributed by atoms with Crippen LogP contribution in [0.3, 0.4) is 0 Å². The Hall–Kier alpha value is -0.0800. The summed E-state index contributed by atoms with van der Waals surface area (Å²) in [5.41, 5.74) is 0. The average molecular weight is 171 g/mol. The van der Waals surface area contributed by atoms with Gasteiger partial charge >= 0.3 is 0 Å². The van der Waals surface area contributed by atoms with Crippen molar-refractivity contribution in [3.8, 4) is 0 Å². The summed E-state index contributed by atoms with van der Waals surface area (Å²) in [6.07, 6.45) is 3.36. The van der Waals surface area contributed by atoms with Gasteiger partial charge in [-0.25, -0.2) is 0 Å². The van der Waals surface area contributed by atoms with Gasteiger partial charge in [0.15, 0.2) is 0 Å². The zero-order chi connectivity index (χ0) is 8.97. The van der Waals surface area contributed by atoms with E-state index in [4.69, 9.17) is 4.74 Å². The Morgan fingerprint density at radius 3 is 2.33 bits per heavy atom. The van der Waals surface area contributed by atoms with Gasteiger partial charge in [-0.15, -0.1) is 0 Å². The monoisotopic (exact) mass is 171 g/mol. The zero-order valence-corrected chi connectivity index (χ0v) is 8.55. The minimum Gasteiger partial charge on any atom is -0.376 e. The molecule has 1 atom stereocenters. The number of hydrogen-bond acceptors (Lipinski definition) is 2. The SMILES string of the molecule is CC(C)OC(C)CCN1CCC1. The molecule has 2 heteroatoms. The predicted octanol–water partition coefficient (Wildman–Crippen LogP) is 1.90. The molecule has 0 bridgehead atoms. The van der Waals surface area contributed by atoms with E-state index in [1.54, 1.807) is 0 Å². The fourth-order valence-electron chi connectivity index (χ4n) is 1.50. The molecule has 1 saturated heterocycles. The molecular weight excluding hydrogens is 150 g/mol. The highest BCUT2D eigenvalue weighted by molar-refractivity contribution is 4.69. The van der Waals surface area contributed by atoms with Crippen LogP contribution in [0.4, 0.5) is 0 Å². The van der Waals surface area contributed by atoms with Crippen molar-refractivity contribution in [3.05, 3.63) is 0 Å². The number of rotatable bonds is 5. The molecule has 0 aromatic heterocycles. The van der Waals surface area contributed by atoms with E-state index in [9.17, 15) is 0 Å². The van der Waals surface area contributed by atoms with Crippen molar-refractivity contribution >= 4 is 0 Å². The third-order valence-corrected chi connectivity index (χ3v) is 2.31. The molecule has 1 unspecified atom stereocenters. The standard InChI is InChI=1S/C10H21NO/c1-9(2)12-10(3)5-8-11-6-4-7-11/h9-10H,4-8H2,1-3H3. The molecule has 0 aromatic carbocycles. The Labute approximate surface area is 75.9 Å². The molecule has 0 spiro atoms. The Morgan fingerprint density at radius 2 is 1.92 bits per heavy atom. The van der Waals surface area contributed by atoms with Crippen LogP contribution in [-0.4, -0.2) is 36.7 Å². The maximum atomic E-state index is 5.64. The second kappa shape index (κ2) is 4.83. The lowest BCUT2D eigenvalue weighted by atomic mass is 10.2. The third-order valence-electron chi connectivity index (χ3n) is 2.31. The van der Waals surface area contributed by atoms with Crippen LogP contribution in [0.1, 0.15) is 33.6 Å². The summed E-state index contributed by atoms with van der Waals surface area (Å²) in [4.78, 5) is 2.49. The Bertz CT molecular complexity index is 121. The van der Waals surface area contributed by atoms with Crippen LogP contribution in [0.2, 0.25) is 0 Å². The molecule has 0 aliphatic carbocycles. The normalized spacial score (nSPS) is 21.0. The minimum absolute atomic E-state index is 0.372. The van der Waals surface area contributed by atoms with Crippen LogP contribution in [0.5, 0.6) is 0 Å². The summed E-state index contributed by atoms with van der Waals surface area (Å²) in [5, 5.41) is 0. The predicted molar refractivity (Wildman–Crippen MR) is 51.4 cm³/mol. The quantitative estimate of drug-likeness (QED) is 0.626. The molecular formula is C10H21NO. The van der Waals surface area contributed by atoms with Crippen LogP contribution >= 0.6 is 0 Å². The number of ether oxygens (including phenoxy) is 1. The molecule has 1 heterocycles. The minimum atomic E-state index is 0.372. The zero-order valence-electron chi connectivity index (χ0n) is 8.55. The summed E-state index contributed by atoms with van der Waals surface area (Å²) in [5.74, 6) is 0. The van der Waals surface area contributed by atoms with Crippen molar-refractivity contribution in [1.82, 2.24) is 4.90 Å². The first kappa shape index (κ1) is 10.0. The highest BCUT2D eigenvalue weighted by Crippen LogP contribution is 2.09. The van der Waals surface area contributed by atoms with Crippen molar-refractivity contribution < 1.29 is 4.74 Å². The second-order valence-corrected chi connectivity index (χ2v) is 3.98. The number of hydrogen-bond donors (Lipinski definition) is 0. The summed E-state index contributed by atoms with van der Waals surface area (Å²) in [6, 6.07) is 0. The van der Waals surface area contributed by atoms with Crippen molar-refractivity contribution in [2.24, 2.45) is 0 Å². The van der Waals surface area contributed by atoms with Gasteiger partial charge in [0.05, 0.1) is 12.2 Å². The molecule has 1 fully saturated rings. The maximum Gasteiger partial charge on any atom is 0.0562 e. The van der Waals surface area contributed by atoms with E-state index in [1.807, 2.05) is 0 Å². The van der Waals surface area contributed by atoms with E-state index in [-0.39, 0.29) is 0 Å². The molecule has 0 amide bonds. The van der Waals surface area contributed by atoms with Crippen LogP contribution in [-0.2, 0) is 4.74 Å². The lowest BCUT2D eigenvalue weighted by molar-refractivity contribution is 0.00565. The van der Waals surface area contributed by atoms with Gasteiger partial charge in [0, 0.05) is 6.54 Å². The highest BCUT2D eigenvalue weighted by atomic mass is 16.5. The first-order valence-corrected chi connectivity index (χ1v) is 5.06. The highest BCUT2D eigenvalue weighted by Gasteiger charge is 2.14. The van der Waals surface area contributed by atoms with Crippen LogP contribution < -0.4 is 0 Å². The first-order chi connectivity index (χ1) is 5.68. The summed E-state index contributed by atoms with van der Waals surface area (Å²) < 4.78 is 5.64. The van der Waals surface area contributed by atoms with Crippen molar-refractivity contribution in [2.45, 2.75) is 45.8 Å². The van der Waals surface area contributed by atoms with Gasteiger partial charge in [-0.05, 0) is 46.7 Å². The largest absolute Gasteiger partial charge is 0.376 e. The molecule has 2 nitrogen and oxygen atoms in total. The second-order valence-electron chi connectivity index (χ2n) is 3.98. The molecule has 0 aromatic rings. The Kier molecular flexibility index (Phi) is 4.02. The van der Waals surface area contributed by atoms with E-state index >= 15 is 0 Å². The maximum absolute atomic E-state index is 5.64. The van der Waals surface area contributed by atoms with Crippen molar-refractivity contribution in [2.75, 3.05) is 19.6 Å². The van der Waals surface area contributed by atoms with Crippen molar-refractivity contribution in [1.29, 1.82) is 0 Å². The molecule has 0 saturated carbocycles.